The highest BCUT2D eigenvalue weighted by molar-refractivity contribution is 6.30. The lowest BCUT2D eigenvalue weighted by Gasteiger charge is -2.28. The predicted octanol–water partition coefficient (Wildman–Crippen LogP) is 3.79. The lowest BCUT2D eigenvalue weighted by Crippen LogP contribution is -2.37. The first kappa shape index (κ1) is 17.8. The zero-order valence-electron chi connectivity index (χ0n) is 15.2. The summed E-state index contributed by atoms with van der Waals surface area (Å²) in [6.07, 6.45) is 2.44. The minimum Gasteiger partial charge on any atom is -0.273 e. The number of fused-ring (bicyclic) bond motifs is 1. The first-order valence-electron chi connectivity index (χ1n) is 9.19. The van der Waals surface area contributed by atoms with Crippen molar-refractivity contribution in [1.29, 1.82) is 0 Å². The Balaban J connectivity index is 1.58. The van der Waals surface area contributed by atoms with E-state index in [1.807, 2.05) is 30.3 Å². The number of carbonyl (C=O) groups is 2. The number of hydroxylamine groups is 1. The molecule has 0 bridgehead atoms. The standard InChI is InChI=1S/C22H16ClN3O3/c23-15-6-8-17(9-7-15)26-19(14-10-12-24-13-11-14)18-20(29-26)22(28)25(21(18)27)16-4-2-1-3-5-16/h1-13,18-20H. The number of anilines is 2. The lowest BCUT2D eigenvalue weighted by atomic mass is 9.91. The molecule has 1 aromatic heterocycles. The van der Waals surface area contributed by atoms with E-state index in [1.165, 1.54) is 4.90 Å². The van der Waals surface area contributed by atoms with Crippen LogP contribution in [0.4, 0.5) is 11.4 Å². The van der Waals surface area contributed by atoms with Crippen molar-refractivity contribution in [3.8, 4) is 0 Å². The molecular formula is C22H16ClN3O3. The second-order valence-corrected chi connectivity index (χ2v) is 7.36. The molecule has 0 saturated carbocycles. The second-order valence-electron chi connectivity index (χ2n) is 6.93. The molecule has 0 N–H and O–H groups in total. The highest BCUT2D eigenvalue weighted by Crippen LogP contribution is 2.47. The van der Waals surface area contributed by atoms with Crippen molar-refractivity contribution >= 4 is 34.8 Å². The number of aromatic nitrogens is 1. The molecule has 144 valence electrons. The van der Waals surface area contributed by atoms with E-state index in [1.54, 1.807) is 53.9 Å². The smallest absolute Gasteiger partial charge is 0.266 e. The summed E-state index contributed by atoms with van der Waals surface area (Å²) in [6, 6.07) is 19.2. The molecule has 0 aliphatic carbocycles. The molecular weight excluding hydrogens is 390 g/mol. The maximum absolute atomic E-state index is 13.4. The van der Waals surface area contributed by atoms with Crippen molar-refractivity contribution in [1.82, 2.24) is 4.98 Å². The summed E-state index contributed by atoms with van der Waals surface area (Å²) in [5.41, 5.74) is 2.11. The van der Waals surface area contributed by atoms with Crippen LogP contribution in [0.1, 0.15) is 11.6 Å². The van der Waals surface area contributed by atoms with E-state index in [0.29, 0.717) is 10.7 Å². The highest BCUT2D eigenvalue weighted by Gasteiger charge is 2.60. The summed E-state index contributed by atoms with van der Waals surface area (Å²) < 4.78 is 0. The van der Waals surface area contributed by atoms with Crippen molar-refractivity contribution < 1.29 is 14.4 Å². The third kappa shape index (κ3) is 2.88. The van der Waals surface area contributed by atoms with Gasteiger partial charge in [0.2, 0.25) is 5.91 Å². The number of carbonyl (C=O) groups excluding carboxylic acids is 2. The minimum absolute atomic E-state index is 0.274. The van der Waals surface area contributed by atoms with Gasteiger partial charge in [-0.15, -0.1) is 0 Å². The lowest BCUT2D eigenvalue weighted by molar-refractivity contribution is -0.126. The topological polar surface area (TPSA) is 62.7 Å². The van der Waals surface area contributed by atoms with Crippen molar-refractivity contribution in [3.63, 3.8) is 0 Å². The van der Waals surface area contributed by atoms with Gasteiger partial charge >= 0.3 is 0 Å². The summed E-state index contributed by atoms with van der Waals surface area (Å²) >= 11 is 6.02. The summed E-state index contributed by atoms with van der Waals surface area (Å²) in [4.78, 5) is 37.9. The molecule has 2 fully saturated rings. The molecule has 3 atom stereocenters. The Hall–Kier alpha value is -3.22. The van der Waals surface area contributed by atoms with Gasteiger partial charge in [0, 0.05) is 17.4 Å². The van der Waals surface area contributed by atoms with Gasteiger partial charge in [-0.2, -0.15) is 0 Å². The third-order valence-electron chi connectivity index (χ3n) is 5.26. The van der Waals surface area contributed by atoms with Crippen LogP contribution in [0.2, 0.25) is 5.02 Å². The van der Waals surface area contributed by atoms with Crippen molar-refractivity contribution in [2.24, 2.45) is 5.92 Å². The number of imide groups is 1. The van der Waals surface area contributed by atoms with E-state index in [4.69, 9.17) is 16.4 Å². The van der Waals surface area contributed by atoms with Crippen LogP contribution in [0, 0.1) is 5.92 Å². The van der Waals surface area contributed by atoms with Crippen LogP contribution in [0.25, 0.3) is 0 Å². The highest BCUT2D eigenvalue weighted by atomic mass is 35.5. The molecule has 3 unspecified atom stereocenters. The van der Waals surface area contributed by atoms with Crippen LogP contribution in [0.15, 0.2) is 79.1 Å². The summed E-state index contributed by atoms with van der Waals surface area (Å²) in [7, 11) is 0. The number of hydrogen-bond donors (Lipinski definition) is 0. The molecule has 2 saturated heterocycles. The molecule has 0 spiro atoms. The fourth-order valence-corrected chi connectivity index (χ4v) is 4.08. The first-order valence-corrected chi connectivity index (χ1v) is 9.57. The molecule has 2 aromatic carbocycles. The van der Waals surface area contributed by atoms with E-state index in [-0.39, 0.29) is 11.8 Å². The minimum atomic E-state index is -0.892. The number of benzene rings is 2. The number of amides is 2. The fourth-order valence-electron chi connectivity index (χ4n) is 3.96. The van der Waals surface area contributed by atoms with E-state index in [9.17, 15) is 9.59 Å². The van der Waals surface area contributed by atoms with Crippen molar-refractivity contribution in [2.75, 3.05) is 9.96 Å². The second kappa shape index (κ2) is 6.99. The van der Waals surface area contributed by atoms with Gasteiger partial charge in [0.1, 0.15) is 5.92 Å². The Kier molecular flexibility index (Phi) is 4.30. The van der Waals surface area contributed by atoms with Crippen LogP contribution in [0.5, 0.6) is 0 Å². The Morgan fingerprint density at radius 1 is 0.828 bits per heavy atom. The third-order valence-corrected chi connectivity index (χ3v) is 5.51. The van der Waals surface area contributed by atoms with Crippen LogP contribution < -0.4 is 9.96 Å². The molecule has 2 aliphatic rings. The Labute approximate surface area is 172 Å². The summed E-state index contributed by atoms with van der Waals surface area (Å²) in [6.45, 7) is 0. The van der Waals surface area contributed by atoms with Gasteiger partial charge in [-0.3, -0.25) is 19.4 Å². The van der Waals surface area contributed by atoms with Crippen molar-refractivity contribution in [2.45, 2.75) is 12.1 Å². The first-order chi connectivity index (χ1) is 14.1. The van der Waals surface area contributed by atoms with Crippen LogP contribution in [-0.2, 0) is 14.4 Å². The molecule has 3 heterocycles. The van der Waals surface area contributed by atoms with Crippen LogP contribution in [0.3, 0.4) is 0 Å². The van der Waals surface area contributed by atoms with Gasteiger partial charge in [0.25, 0.3) is 5.91 Å². The average Bonchev–Trinajstić information content (AvgIpc) is 3.26. The maximum atomic E-state index is 13.4. The molecule has 5 rings (SSSR count). The number of para-hydroxylation sites is 1. The molecule has 7 heteroatoms. The SMILES string of the molecule is O=C1C2ON(c3ccc(Cl)cc3)C(c3ccncc3)C2C(=O)N1c1ccccc1. The molecule has 2 aliphatic heterocycles. The largest absolute Gasteiger partial charge is 0.273 e. The molecule has 6 nitrogen and oxygen atoms in total. The predicted molar refractivity (Wildman–Crippen MR) is 108 cm³/mol. The number of nitrogens with zero attached hydrogens (tertiary/aromatic N) is 3. The molecule has 29 heavy (non-hydrogen) atoms. The quantitative estimate of drug-likeness (QED) is 0.620. The van der Waals surface area contributed by atoms with Crippen LogP contribution in [-0.4, -0.2) is 22.9 Å². The monoisotopic (exact) mass is 405 g/mol. The Bertz CT molecular complexity index is 1060. The number of halogens is 1. The maximum Gasteiger partial charge on any atom is 0.266 e. The van der Waals surface area contributed by atoms with Gasteiger partial charge in [-0.05, 0) is 54.1 Å². The average molecular weight is 406 g/mol. The van der Waals surface area contributed by atoms with Gasteiger partial charge in [0.05, 0.1) is 17.4 Å². The zero-order valence-corrected chi connectivity index (χ0v) is 15.9. The van der Waals surface area contributed by atoms with Crippen molar-refractivity contribution in [3.05, 3.63) is 89.7 Å². The number of rotatable bonds is 3. The van der Waals surface area contributed by atoms with E-state index in [2.05, 4.69) is 4.98 Å². The number of hydrogen-bond acceptors (Lipinski definition) is 5. The fraction of sp³-hybridized carbons (Fsp3) is 0.136. The molecule has 2 amide bonds. The Morgan fingerprint density at radius 3 is 2.21 bits per heavy atom. The molecule has 3 aromatic rings. The van der Waals surface area contributed by atoms with E-state index < -0.39 is 18.1 Å². The van der Waals surface area contributed by atoms with E-state index in [0.717, 1.165) is 11.3 Å². The Morgan fingerprint density at radius 2 is 1.52 bits per heavy atom. The molecule has 0 radical (unpaired) electrons. The van der Waals surface area contributed by atoms with Gasteiger partial charge < -0.3 is 0 Å². The van der Waals surface area contributed by atoms with E-state index >= 15 is 0 Å². The number of pyridine rings is 1. The van der Waals surface area contributed by atoms with Crippen LogP contribution >= 0.6 is 11.6 Å². The van der Waals surface area contributed by atoms with Gasteiger partial charge in [0.15, 0.2) is 6.10 Å². The normalized spacial score (nSPS) is 23.6. The summed E-state index contributed by atoms with van der Waals surface area (Å²) in [5, 5.41) is 2.23. The summed E-state index contributed by atoms with van der Waals surface area (Å²) in [5.74, 6) is -1.30. The van der Waals surface area contributed by atoms with Gasteiger partial charge in [-0.25, -0.2) is 9.96 Å². The zero-order chi connectivity index (χ0) is 20.0. The van der Waals surface area contributed by atoms with Gasteiger partial charge in [-0.1, -0.05) is 29.8 Å².